The molecule has 0 unspecified atom stereocenters. The fraction of sp³-hybridized carbons (Fsp3) is 0.350. The maximum atomic E-state index is 12.8. The molecule has 10 heteroatoms. The molecule has 4 aromatic rings. The minimum Gasteiger partial charge on any atom is -0.373 e. The van der Waals surface area contributed by atoms with Crippen LogP contribution < -0.4 is 11.3 Å². The third kappa shape index (κ3) is 3.14. The summed E-state index contributed by atoms with van der Waals surface area (Å²) >= 11 is 0. The van der Waals surface area contributed by atoms with Gasteiger partial charge in [-0.05, 0) is 25.8 Å². The SMILES string of the molecule is Cc1ccc([C@H]2C[C@H](c3noc(Cn4cnn5c(N)nc(C)c5c4=O)n3)CO2)cc1. The van der Waals surface area contributed by atoms with Gasteiger partial charge < -0.3 is 15.0 Å². The van der Waals surface area contributed by atoms with E-state index in [0.717, 1.165) is 12.0 Å². The summed E-state index contributed by atoms with van der Waals surface area (Å²) in [5, 5.41) is 8.29. The summed E-state index contributed by atoms with van der Waals surface area (Å²) in [6.07, 6.45) is 2.19. The first kappa shape index (κ1) is 18.5. The van der Waals surface area contributed by atoms with Gasteiger partial charge in [0.25, 0.3) is 5.56 Å². The predicted molar refractivity (Wildman–Crippen MR) is 107 cm³/mol. The Kier molecular flexibility index (Phi) is 4.35. The summed E-state index contributed by atoms with van der Waals surface area (Å²) in [6, 6.07) is 8.34. The van der Waals surface area contributed by atoms with Gasteiger partial charge in [0.2, 0.25) is 11.8 Å². The first-order chi connectivity index (χ1) is 14.5. The van der Waals surface area contributed by atoms with Crippen LogP contribution in [-0.4, -0.2) is 35.9 Å². The van der Waals surface area contributed by atoms with Crippen molar-refractivity contribution in [1.82, 2.24) is 29.3 Å². The lowest BCUT2D eigenvalue weighted by molar-refractivity contribution is 0.110. The Morgan fingerprint density at radius 1 is 1.20 bits per heavy atom. The zero-order valence-corrected chi connectivity index (χ0v) is 16.6. The van der Waals surface area contributed by atoms with Gasteiger partial charge in [0.05, 0.1) is 18.4 Å². The highest BCUT2D eigenvalue weighted by atomic mass is 16.5. The second-order valence-electron chi connectivity index (χ2n) is 7.59. The Morgan fingerprint density at radius 2 is 2.00 bits per heavy atom. The lowest BCUT2D eigenvalue weighted by Crippen LogP contribution is -2.24. The summed E-state index contributed by atoms with van der Waals surface area (Å²) < 4.78 is 14.1. The molecule has 1 aromatic carbocycles. The van der Waals surface area contributed by atoms with E-state index in [2.05, 4.69) is 51.4 Å². The van der Waals surface area contributed by atoms with Crippen LogP contribution in [0.5, 0.6) is 0 Å². The average Bonchev–Trinajstić information content (AvgIpc) is 3.44. The van der Waals surface area contributed by atoms with Gasteiger partial charge in [-0.15, -0.1) is 0 Å². The van der Waals surface area contributed by atoms with Crippen molar-refractivity contribution in [3.8, 4) is 0 Å². The lowest BCUT2D eigenvalue weighted by atomic mass is 9.99. The highest BCUT2D eigenvalue weighted by Gasteiger charge is 2.31. The standard InChI is InChI=1S/C20H21N7O3/c1-11-3-5-13(6-4-11)15-7-14(9-29-15)18-24-16(30-25-18)8-26-10-22-27-17(19(26)28)12(2)23-20(27)21/h3-6,10,14-15H,7-9H2,1-2H3,(H2,21,23)/t14-,15+/m0/s1. The molecule has 1 aliphatic rings. The Balaban J connectivity index is 1.33. The number of imidazole rings is 1. The molecule has 0 spiro atoms. The van der Waals surface area contributed by atoms with E-state index in [4.69, 9.17) is 15.0 Å². The van der Waals surface area contributed by atoms with Crippen molar-refractivity contribution in [1.29, 1.82) is 0 Å². The molecule has 1 aliphatic heterocycles. The van der Waals surface area contributed by atoms with Crippen molar-refractivity contribution < 1.29 is 9.26 Å². The fourth-order valence-corrected chi connectivity index (χ4v) is 3.78. The van der Waals surface area contributed by atoms with Crippen LogP contribution in [0.3, 0.4) is 0 Å². The molecule has 1 fully saturated rings. The van der Waals surface area contributed by atoms with Gasteiger partial charge in [-0.3, -0.25) is 9.36 Å². The van der Waals surface area contributed by atoms with Crippen molar-refractivity contribution in [3.63, 3.8) is 0 Å². The summed E-state index contributed by atoms with van der Waals surface area (Å²) in [5.74, 6) is 1.15. The summed E-state index contributed by atoms with van der Waals surface area (Å²) in [6.45, 7) is 4.42. The van der Waals surface area contributed by atoms with Crippen molar-refractivity contribution in [2.24, 2.45) is 0 Å². The zero-order valence-electron chi connectivity index (χ0n) is 16.6. The van der Waals surface area contributed by atoms with Crippen LogP contribution in [0.2, 0.25) is 0 Å². The molecule has 10 nitrogen and oxygen atoms in total. The van der Waals surface area contributed by atoms with Crippen LogP contribution in [0.4, 0.5) is 5.95 Å². The van der Waals surface area contributed by atoms with Crippen molar-refractivity contribution in [2.75, 3.05) is 12.3 Å². The van der Waals surface area contributed by atoms with Crippen molar-refractivity contribution in [2.45, 2.75) is 38.8 Å². The molecule has 1 saturated heterocycles. The van der Waals surface area contributed by atoms with E-state index in [0.29, 0.717) is 29.5 Å². The van der Waals surface area contributed by atoms with Crippen LogP contribution in [0, 0.1) is 13.8 Å². The van der Waals surface area contributed by atoms with Crippen molar-refractivity contribution in [3.05, 3.63) is 69.5 Å². The number of aryl methyl sites for hydroxylation is 2. The third-order valence-corrected chi connectivity index (χ3v) is 5.42. The van der Waals surface area contributed by atoms with Crippen LogP contribution in [0.25, 0.3) is 5.52 Å². The highest BCUT2D eigenvalue weighted by molar-refractivity contribution is 5.53. The Hall–Kier alpha value is -3.53. The molecular weight excluding hydrogens is 386 g/mol. The molecular formula is C20H21N7O3. The van der Waals surface area contributed by atoms with Gasteiger partial charge in [0.1, 0.15) is 12.9 Å². The smallest absolute Gasteiger partial charge is 0.280 e. The number of nitrogens with two attached hydrogens (primary N) is 1. The van der Waals surface area contributed by atoms with Gasteiger partial charge in [-0.1, -0.05) is 35.0 Å². The van der Waals surface area contributed by atoms with E-state index in [1.54, 1.807) is 6.92 Å². The number of hydrogen-bond acceptors (Lipinski definition) is 8. The molecule has 0 amide bonds. The number of ether oxygens (including phenoxy) is 1. The maximum Gasteiger partial charge on any atom is 0.280 e. The van der Waals surface area contributed by atoms with E-state index in [1.165, 1.54) is 21.0 Å². The molecule has 0 aliphatic carbocycles. The maximum absolute atomic E-state index is 12.8. The van der Waals surface area contributed by atoms with Gasteiger partial charge >= 0.3 is 0 Å². The molecule has 0 bridgehead atoms. The van der Waals surface area contributed by atoms with E-state index in [9.17, 15) is 4.79 Å². The number of hydrogen-bond donors (Lipinski definition) is 1. The zero-order chi connectivity index (χ0) is 20.8. The van der Waals surface area contributed by atoms with Gasteiger partial charge in [0, 0.05) is 5.92 Å². The average molecular weight is 407 g/mol. The first-order valence-electron chi connectivity index (χ1n) is 9.70. The normalized spacial score (nSPS) is 19.0. The monoisotopic (exact) mass is 407 g/mol. The first-order valence-corrected chi connectivity index (χ1v) is 9.70. The minimum atomic E-state index is -0.268. The van der Waals surface area contributed by atoms with Gasteiger partial charge in [0.15, 0.2) is 11.3 Å². The number of rotatable bonds is 4. The van der Waals surface area contributed by atoms with Gasteiger partial charge in [-0.2, -0.15) is 14.6 Å². The summed E-state index contributed by atoms with van der Waals surface area (Å²) in [4.78, 5) is 21.3. The van der Waals surface area contributed by atoms with E-state index >= 15 is 0 Å². The second kappa shape index (κ2) is 7.06. The Bertz CT molecular complexity index is 1270. The fourth-order valence-electron chi connectivity index (χ4n) is 3.78. The summed E-state index contributed by atoms with van der Waals surface area (Å²) in [7, 11) is 0. The molecule has 4 heterocycles. The molecule has 0 radical (unpaired) electrons. The number of aromatic nitrogens is 6. The van der Waals surface area contributed by atoms with E-state index < -0.39 is 0 Å². The third-order valence-electron chi connectivity index (χ3n) is 5.42. The molecule has 154 valence electrons. The predicted octanol–water partition coefficient (Wildman–Crippen LogP) is 1.77. The number of fused-ring (bicyclic) bond motifs is 1. The van der Waals surface area contributed by atoms with Crippen molar-refractivity contribution >= 4 is 11.5 Å². The summed E-state index contributed by atoms with van der Waals surface area (Å²) in [5.41, 5.74) is 8.72. The molecule has 5 rings (SSSR count). The van der Waals surface area contributed by atoms with Crippen LogP contribution in [0.15, 0.2) is 39.9 Å². The number of anilines is 1. The topological polar surface area (TPSA) is 126 Å². The second-order valence-corrected chi connectivity index (χ2v) is 7.59. The number of nitrogens with zero attached hydrogens (tertiary/aromatic N) is 6. The van der Waals surface area contributed by atoms with Crippen LogP contribution in [-0.2, 0) is 11.3 Å². The van der Waals surface area contributed by atoms with E-state index in [1.807, 2.05) is 0 Å². The number of nitrogen functional groups attached to an aromatic ring is 1. The molecule has 30 heavy (non-hydrogen) atoms. The molecule has 2 atom stereocenters. The van der Waals surface area contributed by atoms with E-state index in [-0.39, 0.29) is 30.1 Å². The lowest BCUT2D eigenvalue weighted by Gasteiger charge is -2.09. The van der Waals surface area contributed by atoms with Crippen LogP contribution in [0.1, 0.15) is 47.0 Å². The van der Waals surface area contributed by atoms with Gasteiger partial charge in [-0.25, -0.2) is 4.98 Å². The highest BCUT2D eigenvalue weighted by Crippen LogP contribution is 2.37. The number of benzene rings is 1. The largest absolute Gasteiger partial charge is 0.373 e. The Morgan fingerprint density at radius 3 is 2.80 bits per heavy atom. The molecule has 2 N–H and O–H groups in total. The Labute approximate surface area is 171 Å². The molecule has 3 aromatic heterocycles. The minimum absolute atomic E-state index is 0.0158. The molecule has 0 saturated carbocycles. The van der Waals surface area contributed by atoms with Crippen LogP contribution >= 0.6 is 0 Å². The quantitative estimate of drug-likeness (QED) is 0.542.